The van der Waals surface area contributed by atoms with E-state index in [9.17, 15) is 4.39 Å². The van der Waals surface area contributed by atoms with E-state index in [4.69, 9.17) is 34.8 Å². The summed E-state index contributed by atoms with van der Waals surface area (Å²) in [5.41, 5.74) is 2.37. The Morgan fingerprint density at radius 2 is 1.65 bits per heavy atom. The molecule has 0 aliphatic heterocycles. The molecule has 0 aliphatic carbocycles. The Morgan fingerprint density at radius 3 is 2.35 bits per heavy atom. The standard InChI is InChI=1S/C14H8Cl3FN2/c15-10-5-12-13(6-11(10)16)20(14(17)19-12)7-8-1-3-9(18)4-2-8/h1-6H,7H2. The Morgan fingerprint density at radius 1 is 1.00 bits per heavy atom. The molecule has 3 rings (SSSR count). The maximum absolute atomic E-state index is 12.9. The minimum Gasteiger partial charge on any atom is -0.310 e. The number of hydrogen-bond acceptors (Lipinski definition) is 1. The molecule has 0 radical (unpaired) electrons. The van der Waals surface area contributed by atoms with Gasteiger partial charge in [0.1, 0.15) is 5.82 Å². The zero-order valence-electron chi connectivity index (χ0n) is 10.1. The highest BCUT2D eigenvalue weighted by atomic mass is 35.5. The number of fused-ring (bicyclic) bond motifs is 1. The fourth-order valence-electron chi connectivity index (χ4n) is 2.01. The number of hydrogen-bond donors (Lipinski definition) is 0. The van der Waals surface area contributed by atoms with Crippen molar-refractivity contribution in [2.75, 3.05) is 0 Å². The number of aromatic nitrogens is 2. The lowest BCUT2D eigenvalue weighted by molar-refractivity contribution is 0.626. The summed E-state index contributed by atoms with van der Waals surface area (Å²) in [6.45, 7) is 0.480. The van der Waals surface area contributed by atoms with Gasteiger partial charge in [0.05, 0.1) is 27.6 Å². The van der Waals surface area contributed by atoms with Crippen molar-refractivity contribution in [2.24, 2.45) is 0 Å². The van der Waals surface area contributed by atoms with Crippen LogP contribution < -0.4 is 0 Å². The van der Waals surface area contributed by atoms with Gasteiger partial charge in [0.2, 0.25) is 5.28 Å². The molecule has 0 saturated heterocycles. The summed E-state index contributed by atoms with van der Waals surface area (Å²) >= 11 is 18.1. The first kappa shape index (κ1) is 13.7. The minimum absolute atomic E-state index is 0.273. The van der Waals surface area contributed by atoms with Gasteiger partial charge in [-0.2, -0.15) is 0 Å². The number of benzene rings is 2. The summed E-state index contributed by atoms with van der Waals surface area (Å²) in [7, 11) is 0. The highest BCUT2D eigenvalue weighted by molar-refractivity contribution is 6.42. The molecule has 0 bridgehead atoms. The molecular weight excluding hydrogens is 322 g/mol. The topological polar surface area (TPSA) is 17.8 Å². The van der Waals surface area contributed by atoms with Crippen LogP contribution in [0.2, 0.25) is 15.3 Å². The van der Waals surface area contributed by atoms with Gasteiger partial charge in [-0.15, -0.1) is 0 Å². The van der Waals surface area contributed by atoms with E-state index >= 15 is 0 Å². The third-order valence-corrected chi connectivity index (χ3v) is 4.01. The van der Waals surface area contributed by atoms with E-state index in [1.807, 2.05) is 0 Å². The molecule has 0 amide bonds. The monoisotopic (exact) mass is 328 g/mol. The molecule has 1 heterocycles. The van der Waals surface area contributed by atoms with Crippen LogP contribution in [0, 0.1) is 5.82 Å². The smallest absolute Gasteiger partial charge is 0.204 e. The second-order valence-corrected chi connectivity index (χ2v) is 5.50. The number of imidazole rings is 1. The quantitative estimate of drug-likeness (QED) is 0.633. The number of halogens is 4. The van der Waals surface area contributed by atoms with E-state index in [1.165, 1.54) is 12.1 Å². The summed E-state index contributed by atoms with van der Waals surface area (Å²) < 4.78 is 14.7. The van der Waals surface area contributed by atoms with Gasteiger partial charge in [-0.25, -0.2) is 9.37 Å². The molecule has 0 unspecified atom stereocenters. The Bertz CT molecular complexity index is 781. The van der Waals surface area contributed by atoms with Crippen molar-refractivity contribution in [3.05, 3.63) is 63.1 Å². The third kappa shape index (κ3) is 2.49. The molecule has 0 N–H and O–H groups in total. The van der Waals surface area contributed by atoms with Crippen LogP contribution in [0.4, 0.5) is 4.39 Å². The molecule has 20 heavy (non-hydrogen) atoms. The van der Waals surface area contributed by atoms with Crippen molar-refractivity contribution in [1.29, 1.82) is 0 Å². The lowest BCUT2D eigenvalue weighted by Crippen LogP contribution is -1.99. The third-order valence-electron chi connectivity index (χ3n) is 3.00. The molecule has 2 aromatic carbocycles. The maximum Gasteiger partial charge on any atom is 0.204 e. The average molecular weight is 330 g/mol. The van der Waals surface area contributed by atoms with Gasteiger partial charge in [-0.1, -0.05) is 35.3 Å². The second-order valence-electron chi connectivity index (χ2n) is 4.35. The van der Waals surface area contributed by atoms with E-state index in [-0.39, 0.29) is 5.82 Å². The van der Waals surface area contributed by atoms with Crippen LogP contribution in [0.25, 0.3) is 11.0 Å². The fraction of sp³-hybridized carbons (Fsp3) is 0.0714. The Labute approximate surface area is 129 Å². The van der Waals surface area contributed by atoms with Crippen molar-refractivity contribution >= 4 is 45.8 Å². The summed E-state index contributed by atoms with van der Waals surface area (Å²) in [5, 5.41) is 1.21. The molecule has 0 spiro atoms. The van der Waals surface area contributed by atoms with E-state index in [0.29, 0.717) is 27.4 Å². The van der Waals surface area contributed by atoms with Crippen molar-refractivity contribution < 1.29 is 4.39 Å². The first-order valence-electron chi connectivity index (χ1n) is 5.80. The van der Waals surface area contributed by atoms with Crippen molar-refractivity contribution in [1.82, 2.24) is 9.55 Å². The molecule has 3 aromatic rings. The molecule has 0 saturated carbocycles. The van der Waals surface area contributed by atoms with Gasteiger partial charge in [-0.3, -0.25) is 0 Å². The van der Waals surface area contributed by atoms with Crippen LogP contribution in [-0.4, -0.2) is 9.55 Å². The van der Waals surface area contributed by atoms with E-state index in [0.717, 1.165) is 11.1 Å². The summed E-state index contributed by atoms with van der Waals surface area (Å²) in [4.78, 5) is 4.24. The summed E-state index contributed by atoms with van der Waals surface area (Å²) in [6, 6.07) is 9.62. The van der Waals surface area contributed by atoms with Crippen LogP contribution in [0.1, 0.15) is 5.56 Å². The van der Waals surface area contributed by atoms with Gasteiger partial charge in [0.15, 0.2) is 0 Å². The van der Waals surface area contributed by atoms with Crippen LogP contribution in [0.15, 0.2) is 36.4 Å². The van der Waals surface area contributed by atoms with Crippen LogP contribution >= 0.6 is 34.8 Å². The first-order valence-corrected chi connectivity index (χ1v) is 6.93. The van der Waals surface area contributed by atoms with Crippen LogP contribution in [0.5, 0.6) is 0 Å². The Hall–Kier alpha value is -1.29. The molecule has 1 aromatic heterocycles. The van der Waals surface area contributed by atoms with Gasteiger partial charge < -0.3 is 4.57 Å². The van der Waals surface area contributed by atoms with Crippen molar-refractivity contribution in [3.8, 4) is 0 Å². The minimum atomic E-state index is -0.273. The van der Waals surface area contributed by atoms with Gasteiger partial charge >= 0.3 is 0 Å². The normalized spacial score (nSPS) is 11.2. The van der Waals surface area contributed by atoms with E-state index < -0.39 is 0 Å². The molecule has 102 valence electrons. The Balaban J connectivity index is 2.08. The van der Waals surface area contributed by atoms with Crippen molar-refractivity contribution in [3.63, 3.8) is 0 Å². The average Bonchev–Trinajstić information content (AvgIpc) is 2.69. The van der Waals surface area contributed by atoms with Crippen molar-refractivity contribution in [2.45, 2.75) is 6.54 Å². The molecular formula is C14H8Cl3FN2. The molecule has 0 fully saturated rings. The summed E-state index contributed by atoms with van der Waals surface area (Å²) in [5.74, 6) is -0.273. The predicted molar refractivity (Wildman–Crippen MR) is 80.3 cm³/mol. The van der Waals surface area contributed by atoms with E-state index in [1.54, 1.807) is 28.8 Å². The SMILES string of the molecule is Fc1ccc(Cn2c(Cl)nc3cc(Cl)c(Cl)cc32)cc1. The maximum atomic E-state index is 12.9. The lowest BCUT2D eigenvalue weighted by Gasteiger charge is -2.06. The summed E-state index contributed by atoms with van der Waals surface area (Å²) in [6.07, 6.45) is 0. The number of nitrogens with zero attached hydrogens (tertiary/aromatic N) is 2. The van der Waals surface area contributed by atoms with Gasteiger partial charge in [0.25, 0.3) is 0 Å². The first-order chi connectivity index (χ1) is 9.54. The predicted octanol–water partition coefficient (Wildman–Crippen LogP) is 5.18. The molecule has 2 nitrogen and oxygen atoms in total. The molecule has 0 aliphatic rings. The molecule has 0 atom stereocenters. The van der Waals surface area contributed by atoms with Gasteiger partial charge in [0, 0.05) is 0 Å². The van der Waals surface area contributed by atoms with Gasteiger partial charge in [-0.05, 0) is 41.4 Å². The zero-order chi connectivity index (χ0) is 14.3. The largest absolute Gasteiger partial charge is 0.310 e. The van der Waals surface area contributed by atoms with E-state index in [2.05, 4.69) is 4.98 Å². The fourth-order valence-corrected chi connectivity index (χ4v) is 2.57. The highest BCUT2D eigenvalue weighted by Crippen LogP contribution is 2.30. The van der Waals surface area contributed by atoms with Crippen LogP contribution in [0.3, 0.4) is 0 Å². The lowest BCUT2D eigenvalue weighted by atomic mass is 10.2. The Kier molecular flexibility index (Phi) is 3.59. The number of rotatable bonds is 2. The van der Waals surface area contributed by atoms with Crippen LogP contribution in [-0.2, 0) is 6.54 Å². The second kappa shape index (κ2) is 5.24. The zero-order valence-corrected chi connectivity index (χ0v) is 12.3. The molecule has 6 heteroatoms. The highest BCUT2D eigenvalue weighted by Gasteiger charge is 2.12.